The molecule has 1 aliphatic rings. The number of rotatable bonds is 7. The van der Waals surface area contributed by atoms with Gasteiger partial charge in [0.15, 0.2) is 5.76 Å². The van der Waals surface area contributed by atoms with E-state index in [-0.39, 0.29) is 6.04 Å². The van der Waals surface area contributed by atoms with E-state index < -0.39 is 10.0 Å². The van der Waals surface area contributed by atoms with E-state index in [0.717, 1.165) is 43.2 Å². The zero-order chi connectivity index (χ0) is 18.6. The van der Waals surface area contributed by atoms with Crippen LogP contribution >= 0.6 is 0 Å². The Hall–Kier alpha value is -1.70. The zero-order valence-electron chi connectivity index (χ0n) is 15.3. The highest BCUT2D eigenvalue weighted by Crippen LogP contribution is 2.31. The van der Waals surface area contributed by atoms with Gasteiger partial charge in [0.2, 0.25) is 10.0 Å². The van der Waals surface area contributed by atoms with E-state index in [1.807, 2.05) is 19.1 Å². The lowest BCUT2D eigenvalue weighted by molar-refractivity contribution is 0.172. The van der Waals surface area contributed by atoms with Gasteiger partial charge in [-0.25, -0.2) is 8.42 Å². The normalized spacial score (nSPS) is 18.9. The smallest absolute Gasteiger partial charge is 0.243 e. The lowest BCUT2D eigenvalue weighted by atomic mass is 10.0. The Balaban J connectivity index is 1.91. The predicted octanol–water partition coefficient (Wildman–Crippen LogP) is 3.62. The predicted molar refractivity (Wildman–Crippen MR) is 99.3 cm³/mol. The lowest BCUT2D eigenvalue weighted by Gasteiger charge is -2.35. The number of aryl methyl sites for hydroxylation is 1. The van der Waals surface area contributed by atoms with Gasteiger partial charge in [0.25, 0.3) is 0 Å². The molecule has 0 aliphatic carbocycles. The maximum Gasteiger partial charge on any atom is 0.243 e. The number of ether oxygens (including phenoxy) is 1. The van der Waals surface area contributed by atoms with Crippen molar-refractivity contribution in [2.24, 2.45) is 0 Å². The average molecular weight is 378 g/mol. The first-order chi connectivity index (χ1) is 12.5. The van der Waals surface area contributed by atoms with Gasteiger partial charge in [0.1, 0.15) is 0 Å². The van der Waals surface area contributed by atoms with Crippen LogP contribution in [0.25, 0.3) is 11.3 Å². The van der Waals surface area contributed by atoms with Gasteiger partial charge >= 0.3 is 0 Å². The third-order valence-electron chi connectivity index (χ3n) is 4.96. The van der Waals surface area contributed by atoms with Gasteiger partial charge in [-0.15, -0.1) is 0 Å². The van der Waals surface area contributed by atoms with Crippen molar-refractivity contribution in [1.29, 1.82) is 0 Å². The zero-order valence-corrected chi connectivity index (χ0v) is 16.2. The molecule has 6 nitrogen and oxygen atoms in total. The molecule has 2 aromatic rings. The molecule has 3 rings (SSSR count). The third kappa shape index (κ3) is 4.00. The van der Waals surface area contributed by atoms with Crippen LogP contribution in [0.5, 0.6) is 0 Å². The SMILES string of the molecule is COCCC[C@@H]1CCCCN1S(=O)(=O)c1cc(-c2ccno2)ccc1C. The topological polar surface area (TPSA) is 72.6 Å². The second-order valence-corrected chi connectivity index (χ2v) is 8.62. The van der Waals surface area contributed by atoms with Crippen molar-refractivity contribution in [3.8, 4) is 11.3 Å². The molecule has 1 aliphatic heterocycles. The summed E-state index contributed by atoms with van der Waals surface area (Å²) in [5.41, 5.74) is 1.47. The molecular formula is C19H26N2O4S. The molecule has 0 bridgehead atoms. The first kappa shape index (κ1) is 19.1. The molecule has 0 saturated carbocycles. The lowest BCUT2D eigenvalue weighted by Crippen LogP contribution is -2.43. The Labute approximate surface area is 155 Å². The van der Waals surface area contributed by atoms with Crippen molar-refractivity contribution in [2.75, 3.05) is 20.3 Å². The summed E-state index contributed by atoms with van der Waals surface area (Å²) in [5.74, 6) is 0.566. The molecule has 26 heavy (non-hydrogen) atoms. The molecule has 0 N–H and O–H groups in total. The summed E-state index contributed by atoms with van der Waals surface area (Å²) in [7, 11) is -1.89. The van der Waals surface area contributed by atoms with Crippen LogP contribution in [-0.2, 0) is 14.8 Å². The summed E-state index contributed by atoms with van der Waals surface area (Å²) in [4.78, 5) is 0.352. The number of hydrogen-bond acceptors (Lipinski definition) is 5. The van der Waals surface area contributed by atoms with Gasteiger partial charge in [-0.05, 0) is 44.2 Å². The van der Waals surface area contributed by atoms with Crippen LogP contribution in [0.1, 0.15) is 37.7 Å². The van der Waals surface area contributed by atoms with Gasteiger partial charge < -0.3 is 9.26 Å². The van der Waals surface area contributed by atoms with E-state index in [1.54, 1.807) is 29.7 Å². The van der Waals surface area contributed by atoms with E-state index in [0.29, 0.717) is 23.8 Å². The Kier molecular flexibility index (Phi) is 6.11. The van der Waals surface area contributed by atoms with Crippen molar-refractivity contribution in [3.63, 3.8) is 0 Å². The van der Waals surface area contributed by atoms with E-state index in [4.69, 9.17) is 9.26 Å². The van der Waals surface area contributed by atoms with Crippen molar-refractivity contribution < 1.29 is 17.7 Å². The minimum absolute atomic E-state index is 0.0391. The fourth-order valence-electron chi connectivity index (χ4n) is 3.56. The van der Waals surface area contributed by atoms with Gasteiger partial charge in [-0.3, -0.25) is 0 Å². The number of methoxy groups -OCH3 is 1. The van der Waals surface area contributed by atoms with Gasteiger partial charge in [-0.1, -0.05) is 23.7 Å². The number of nitrogens with zero attached hydrogens (tertiary/aromatic N) is 2. The van der Waals surface area contributed by atoms with Gasteiger partial charge in [-0.2, -0.15) is 4.31 Å². The Bertz CT molecular complexity index is 818. The van der Waals surface area contributed by atoms with Crippen molar-refractivity contribution in [1.82, 2.24) is 9.46 Å². The number of hydrogen-bond donors (Lipinski definition) is 0. The maximum absolute atomic E-state index is 13.4. The minimum Gasteiger partial charge on any atom is -0.385 e. The van der Waals surface area contributed by atoms with E-state index in [1.165, 1.54) is 0 Å². The molecule has 7 heteroatoms. The summed E-state index contributed by atoms with van der Waals surface area (Å²) in [6, 6.07) is 7.16. The number of aromatic nitrogens is 1. The summed E-state index contributed by atoms with van der Waals surface area (Å²) >= 11 is 0. The molecule has 0 radical (unpaired) electrons. The van der Waals surface area contributed by atoms with Crippen molar-refractivity contribution >= 4 is 10.0 Å². The van der Waals surface area contributed by atoms with Crippen LogP contribution < -0.4 is 0 Å². The molecule has 0 amide bonds. The van der Waals surface area contributed by atoms with Crippen LogP contribution in [0.15, 0.2) is 39.9 Å². The highest BCUT2D eigenvalue weighted by molar-refractivity contribution is 7.89. The fraction of sp³-hybridized carbons (Fsp3) is 0.526. The van der Waals surface area contributed by atoms with E-state index in [2.05, 4.69) is 5.16 Å². The number of piperidine rings is 1. The average Bonchev–Trinajstić information content (AvgIpc) is 3.17. The minimum atomic E-state index is -3.56. The first-order valence-corrected chi connectivity index (χ1v) is 10.5. The second kappa shape index (κ2) is 8.33. The first-order valence-electron chi connectivity index (χ1n) is 9.06. The second-order valence-electron chi connectivity index (χ2n) is 6.76. The largest absolute Gasteiger partial charge is 0.385 e. The van der Waals surface area contributed by atoms with Crippen molar-refractivity contribution in [2.45, 2.75) is 50.0 Å². The molecule has 142 valence electrons. The van der Waals surface area contributed by atoms with Crippen LogP contribution in [-0.4, -0.2) is 44.2 Å². The number of benzene rings is 1. The molecule has 1 aromatic heterocycles. The Morgan fingerprint density at radius 2 is 2.15 bits per heavy atom. The Morgan fingerprint density at radius 1 is 1.31 bits per heavy atom. The van der Waals surface area contributed by atoms with Crippen LogP contribution in [0.4, 0.5) is 0 Å². The van der Waals surface area contributed by atoms with Gasteiger partial charge in [0.05, 0.1) is 11.1 Å². The van der Waals surface area contributed by atoms with Gasteiger partial charge in [0, 0.05) is 37.9 Å². The highest BCUT2D eigenvalue weighted by atomic mass is 32.2. The van der Waals surface area contributed by atoms with Crippen LogP contribution in [0, 0.1) is 6.92 Å². The van der Waals surface area contributed by atoms with Crippen molar-refractivity contribution in [3.05, 3.63) is 36.0 Å². The molecule has 0 unspecified atom stereocenters. The molecule has 1 fully saturated rings. The molecule has 2 heterocycles. The standard InChI is InChI=1S/C19H26N2O4S/c1-15-8-9-16(18-10-11-20-25-18)14-19(15)26(22,23)21-12-4-3-6-17(21)7-5-13-24-2/h8-11,14,17H,3-7,12-13H2,1-2H3/t17-/m0/s1. The molecule has 0 spiro atoms. The quantitative estimate of drug-likeness (QED) is 0.688. The summed E-state index contributed by atoms with van der Waals surface area (Å²) in [6.45, 7) is 3.07. The van der Waals surface area contributed by atoms with E-state index in [9.17, 15) is 8.42 Å². The molecule has 1 aromatic carbocycles. The summed E-state index contributed by atoms with van der Waals surface area (Å²) in [6.07, 6.45) is 6.13. The third-order valence-corrected chi connectivity index (χ3v) is 7.05. The van der Waals surface area contributed by atoms with E-state index >= 15 is 0 Å². The Morgan fingerprint density at radius 3 is 2.88 bits per heavy atom. The van der Waals surface area contributed by atoms with Crippen LogP contribution in [0.2, 0.25) is 0 Å². The molecule has 1 atom stereocenters. The molecule has 1 saturated heterocycles. The monoisotopic (exact) mass is 378 g/mol. The van der Waals surface area contributed by atoms with Crippen LogP contribution in [0.3, 0.4) is 0 Å². The maximum atomic E-state index is 13.4. The summed E-state index contributed by atoms with van der Waals surface area (Å²) < 4.78 is 38.9. The summed E-state index contributed by atoms with van der Waals surface area (Å²) in [5, 5.41) is 3.71. The molecular weight excluding hydrogens is 352 g/mol. The number of sulfonamides is 1. The fourth-order valence-corrected chi connectivity index (χ4v) is 5.54. The highest BCUT2D eigenvalue weighted by Gasteiger charge is 2.34.